The Bertz CT molecular complexity index is 1030. The Hall–Kier alpha value is -3.35. The van der Waals surface area contributed by atoms with Crippen LogP contribution in [0.15, 0.2) is 48.5 Å². The topological polar surface area (TPSA) is 95.9 Å². The van der Waals surface area contributed by atoms with Crippen molar-refractivity contribution in [1.29, 1.82) is 0 Å². The van der Waals surface area contributed by atoms with Gasteiger partial charge in [0, 0.05) is 19.0 Å². The molecule has 1 atom stereocenters. The summed E-state index contributed by atoms with van der Waals surface area (Å²) < 4.78 is 5.57. The summed E-state index contributed by atoms with van der Waals surface area (Å²) >= 11 is 0. The van der Waals surface area contributed by atoms with Crippen LogP contribution in [0.2, 0.25) is 0 Å². The molecule has 1 heterocycles. The van der Waals surface area contributed by atoms with Gasteiger partial charge in [-0.1, -0.05) is 55.0 Å². The molecule has 0 radical (unpaired) electrons. The molecule has 3 aliphatic rings. The summed E-state index contributed by atoms with van der Waals surface area (Å²) in [4.78, 5) is 38.2. The second kappa shape index (κ2) is 7.97. The fourth-order valence-electron chi connectivity index (χ4n) is 5.15. The number of amides is 2. The van der Waals surface area contributed by atoms with Crippen LogP contribution >= 0.6 is 0 Å². The number of nitrogens with one attached hydrogen (secondary N) is 1. The highest BCUT2D eigenvalue weighted by molar-refractivity contribution is 5.90. The maximum atomic E-state index is 13.0. The van der Waals surface area contributed by atoms with Crippen LogP contribution in [0.5, 0.6) is 0 Å². The zero-order valence-corrected chi connectivity index (χ0v) is 17.8. The monoisotopic (exact) mass is 434 g/mol. The number of carboxylic acid groups (broad SMARTS) is 1. The predicted octanol–water partition coefficient (Wildman–Crippen LogP) is 3.38. The van der Waals surface area contributed by atoms with Crippen molar-refractivity contribution >= 4 is 18.0 Å². The van der Waals surface area contributed by atoms with E-state index in [1.165, 1.54) is 16.0 Å². The lowest BCUT2D eigenvalue weighted by Gasteiger charge is -2.48. The summed E-state index contributed by atoms with van der Waals surface area (Å²) in [6.45, 7) is 0.849. The van der Waals surface area contributed by atoms with Crippen molar-refractivity contribution in [3.05, 3.63) is 59.7 Å². The number of carboxylic acids is 1. The molecule has 1 unspecified atom stereocenters. The minimum Gasteiger partial charge on any atom is -0.480 e. The van der Waals surface area contributed by atoms with Crippen LogP contribution < -0.4 is 5.32 Å². The summed E-state index contributed by atoms with van der Waals surface area (Å²) in [6, 6.07) is 15.6. The summed E-state index contributed by atoms with van der Waals surface area (Å²) in [7, 11) is 0. The lowest BCUT2D eigenvalue weighted by atomic mass is 9.67. The largest absolute Gasteiger partial charge is 0.480 e. The fourth-order valence-corrected chi connectivity index (χ4v) is 5.15. The smallest absolute Gasteiger partial charge is 0.407 e. The molecule has 0 bridgehead atoms. The number of alkyl carbamates (subject to hydrolysis) is 1. The summed E-state index contributed by atoms with van der Waals surface area (Å²) in [5.74, 6) is -1.16. The molecule has 2 aromatic carbocycles. The second-order valence-corrected chi connectivity index (χ2v) is 8.95. The maximum Gasteiger partial charge on any atom is 0.407 e. The molecule has 2 N–H and O–H groups in total. The number of nitrogens with zero attached hydrogens (tertiary/aromatic N) is 1. The van der Waals surface area contributed by atoms with Gasteiger partial charge in [0.1, 0.15) is 12.6 Å². The number of hydrogen-bond acceptors (Lipinski definition) is 4. The number of rotatable bonds is 6. The zero-order valence-electron chi connectivity index (χ0n) is 17.8. The van der Waals surface area contributed by atoms with Crippen molar-refractivity contribution in [1.82, 2.24) is 10.2 Å². The van der Waals surface area contributed by atoms with Crippen molar-refractivity contribution in [3.8, 4) is 11.1 Å². The van der Waals surface area contributed by atoms with Gasteiger partial charge in [-0.3, -0.25) is 4.79 Å². The van der Waals surface area contributed by atoms with E-state index in [0.29, 0.717) is 25.8 Å². The third-order valence-corrected chi connectivity index (χ3v) is 7.24. The van der Waals surface area contributed by atoms with Gasteiger partial charge in [0.05, 0.1) is 5.41 Å². The number of carbonyl (C=O) groups excluding carboxylic acids is 2. The van der Waals surface area contributed by atoms with Crippen molar-refractivity contribution in [2.24, 2.45) is 5.41 Å². The molecule has 2 aliphatic carbocycles. The molecule has 1 aliphatic heterocycles. The van der Waals surface area contributed by atoms with Crippen LogP contribution in [0.3, 0.4) is 0 Å². The average Bonchev–Trinajstić information content (AvgIpc) is 3.04. The van der Waals surface area contributed by atoms with Crippen LogP contribution in [0.4, 0.5) is 4.79 Å². The molecule has 1 saturated heterocycles. The highest BCUT2D eigenvalue weighted by Gasteiger charge is 2.51. The molecule has 0 aromatic heterocycles. The second-order valence-electron chi connectivity index (χ2n) is 8.95. The number of ether oxygens (including phenoxy) is 1. The van der Waals surface area contributed by atoms with Crippen LogP contribution in [0, 0.1) is 5.41 Å². The number of aliphatic carboxylic acids is 1. The lowest BCUT2D eigenvalue weighted by Crippen LogP contribution is -2.62. The van der Waals surface area contributed by atoms with Gasteiger partial charge in [0.2, 0.25) is 5.91 Å². The minimum absolute atomic E-state index is 0.0233. The normalized spacial score (nSPS) is 20.4. The van der Waals surface area contributed by atoms with Gasteiger partial charge in [-0.15, -0.1) is 0 Å². The van der Waals surface area contributed by atoms with E-state index in [4.69, 9.17) is 4.74 Å². The van der Waals surface area contributed by atoms with Crippen LogP contribution in [-0.4, -0.2) is 53.7 Å². The quantitative estimate of drug-likeness (QED) is 0.727. The van der Waals surface area contributed by atoms with Gasteiger partial charge in [-0.05, 0) is 41.5 Å². The number of hydrogen-bond donors (Lipinski definition) is 2. The number of benzene rings is 2. The Morgan fingerprint density at radius 3 is 2.16 bits per heavy atom. The first-order chi connectivity index (χ1) is 15.5. The first kappa shape index (κ1) is 20.5. The zero-order chi connectivity index (χ0) is 22.3. The summed E-state index contributed by atoms with van der Waals surface area (Å²) in [6.07, 6.45) is 2.13. The molecule has 7 nitrogen and oxygen atoms in total. The average molecular weight is 434 g/mol. The number of fused-ring (bicyclic) bond motifs is 3. The van der Waals surface area contributed by atoms with E-state index in [-0.39, 0.29) is 25.0 Å². The highest BCUT2D eigenvalue weighted by Crippen LogP contribution is 2.45. The molecule has 166 valence electrons. The first-order valence-electron chi connectivity index (χ1n) is 11.1. The van der Waals surface area contributed by atoms with E-state index in [1.807, 2.05) is 24.3 Å². The van der Waals surface area contributed by atoms with Crippen molar-refractivity contribution in [2.75, 3.05) is 19.7 Å². The molecular weight excluding hydrogens is 408 g/mol. The van der Waals surface area contributed by atoms with Crippen LogP contribution in [0.25, 0.3) is 11.1 Å². The van der Waals surface area contributed by atoms with E-state index < -0.39 is 23.5 Å². The highest BCUT2D eigenvalue weighted by atomic mass is 16.5. The molecule has 7 heteroatoms. The van der Waals surface area contributed by atoms with E-state index in [2.05, 4.69) is 29.6 Å². The van der Waals surface area contributed by atoms with Gasteiger partial charge in [-0.25, -0.2) is 9.59 Å². The molecule has 32 heavy (non-hydrogen) atoms. The standard InChI is InChI=1S/C25H26N2O5/c28-22(29)21-10-13-27(21)23(30)25(11-5-12-25)15-26-24(31)32-14-20-18-8-3-1-6-16(18)17-7-2-4-9-19(17)20/h1-4,6-9,20-21H,5,10-15H2,(H,26,31)(H,28,29). The SMILES string of the molecule is O=C(NCC1(C(=O)N2CCC2C(=O)O)CCC1)OCC1c2ccccc2-c2ccccc21. The number of carbonyl (C=O) groups is 3. The molecule has 0 spiro atoms. The van der Waals surface area contributed by atoms with Crippen molar-refractivity contribution in [3.63, 3.8) is 0 Å². The van der Waals surface area contributed by atoms with Gasteiger partial charge in [0.25, 0.3) is 0 Å². The molecule has 2 aromatic rings. The molecular formula is C25H26N2O5. The maximum absolute atomic E-state index is 13.0. The van der Waals surface area contributed by atoms with Gasteiger partial charge < -0.3 is 20.1 Å². The Labute approximate surface area is 186 Å². The Morgan fingerprint density at radius 2 is 1.66 bits per heavy atom. The third-order valence-electron chi connectivity index (χ3n) is 7.24. The van der Waals surface area contributed by atoms with Crippen molar-refractivity contribution in [2.45, 2.75) is 37.6 Å². The Balaban J connectivity index is 1.21. The number of likely N-dealkylation sites (tertiary alicyclic amines) is 1. The van der Waals surface area contributed by atoms with Crippen LogP contribution in [-0.2, 0) is 14.3 Å². The van der Waals surface area contributed by atoms with E-state index in [1.54, 1.807) is 0 Å². The van der Waals surface area contributed by atoms with E-state index >= 15 is 0 Å². The summed E-state index contributed by atoms with van der Waals surface area (Å²) in [5.41, 5.74) is 3.91. The lowest BCUT2D eigenvalue weighted by molar-refractivity contribution is -0.166. The Morgan fingerprint density at radius 1 is 1.03 bits per heavy atom. The molecule has 2 amide bonds. The fraction of sp³-hybridized carbons (Fsp3) is 0.400. The third kappa shape index (κ3) is 3.32. The molecule has 5 rings (SSSR count). The van der Waals surface area contributed by atoms with Crippen molar-refractivity contribution < 1.29 is 24.2 Å². The van der Waals surface area contributed by atoms with Gasteiger partial charge in [0.15, 0.2) is 0 Å². The Kier molecular flexibility index (Phi) is 5.12. The van der Waals surface area contributed by atoms with Crippen LogP contribution in [0.1, 0.15) is 42.7 Å². The minimum atomic E-state index is -0.969. The van der Waals surface area contributed by atoms with E-state index in [0.717, 1.165) is 17.5 Å². The first-order valence-corrected chi connectivity index (χ1v) is 11.1. The van der Waals surface area contributed by atoms with Gasteiger partial charge in [-0.2, -0.15) is 0 Å². The predicted molar refractivity (Wildman–Crippen MR) is 117 cm³/mol. The summed E-state index contributed by atoms with van der Waals surface area (Å²) in [5, 5.41) is 12.0. The molecule has 2 fully saturated rings. The van der Waals surface area contributed by atoms with E-state index in [9.17, 15) is 19.5 Å². The van der Waals surface area contributed by atoms with Gasteiger partial charge >= 0.3 is 12.1 Å². The molecule has 1 saturated carbocycles.